The standard InChI is InChI=1S/C15H20O4/c1-10(2)6-14(16)13-5-4-11(17-3)7-15(13)19-9-12-8-18-12/h4-5,7,10,12H,6,8-9H2,1-3H3/t12-/m1/s1. The second-order valence-corrected chi connectivity index (χ2v) is 5.15. The summed E-state index contributed by atoms with van der Waals surface area (Å²) in [5, 5.41) is 0. The van der Waals surface area contributed by atoms with Gasteiger partial charge in [0.2, 0.25) is 0 Å². The van der Waals surface area contributed by atoms with Gasteiger partial charge in [-0.25, -0.2) is 0 Å². The highest BCUT2D eigenvalue weighted by atomic mass is 16.6. The molecule has 1 atom stereocenters. The van der Waals surface area contributed by atoms with Crippen LogP contribution >= 0.6 is 0 Å². The highest BCUT2D eigenvalue weighted by molar-refractivity contribution is 5.99. The molecule has 0 unspecified atom stereocenters. The largest absolute Gasteiger partial charge is 0.497 e. The van der Waals surface area contributed by atoms with Crippen molar-refractivity contribution in [2.24, 2.45) is 5.92 Å². The maximum absolute atomic E-state index is 12.2. The Morgan fingerprint density at radius 3 is 2.79 bits per heavy atom. The molecule has 1 aromatic carbocycles. The molecule has 0 aromatic heterocycles. The molecule has 1 aliphatic rings. The highest BCUT2D eigenvalue weighted by Crippen LogP contribution is 2.27. The lowest BCUT2D eigenvalue weighted by Crippen LogP contribution is -2.10. The van der Waals surface area contributed by atoms with Gasteiger partial charge in [-0.05, 0) is 18.1 Å². The Labute approximate surface area is 113 Å². The summed E-state index contributed by atoms with van der Waals surface area (Å²) in [6.45, 7) is 5.27. The van der Waals surface area contributed by atoms with E-state index in [1.54, 1.807) is 25.3 Å². The van der Waals surface area contributed by atoms with Crippen LogP contribution in [0.3, 0.4) is 0 Å². The Hall–Kier alpha value is -1.55. The molecule has 1 heterocycles. The second-order valence-electron chi connectivity index (χ2n) is 5.15. The van der Waals surface area contributed by atoms with Crippen LogP contribution in [0, 0.1) is 5.92 Å². The number of hydrogen-bond donors (Lipinski definition) is 0. The molecule has 1 saturated heterocycles. The zero-order valence-corrected chi connectivity index (χ0v) is 11.6. The summed E-state index contributed by atoms with van der Waals surface area (Å²) >= 11 is 0. The summed E-state index contributed by atoms with van der Waals surface area (Å²) in [7, 11) is 1.60. The van der Waals surface area contributed by atoms with Gasteiger partial charge in [0.15, 0.2) is 5.78 Å². The summed E-state index contributed by atoms with van der Waals surface area (Å²) in [5.74, 6) is 1.70. The van der Waals surface area contributed by atoms with Gasteiger partial charge in [0.25, 0.3) is 0 Å². The third-order valence-electron chi connectivity index (χ3n) is 2.91. The van der Waals surface area contributed by atoms with Gasteiger partial charge < -0.3 is 14.2 Å². The van der Waals surface area contributed by atoms with Crippen LogP contribution in [0.25, 0.3) is 0 Å². The minimum Gasteiger partial charge on any atom is -0.497 e. The molecule has 1 aliphatic heterocycles. The normalized spacial score (nSPS) is 17.4. The molecule has 0 radical (unpaired) electrons. The summed E-state index contributed by atoms with van der Waals surface area (Å²) in [4.78, 5) is 12.2. The van der Waals surface area contributed by atoms with Crippen LogP contribution in [0.1, 0.15) is 30.6 Å². The number of ether oxygens (including phenoxy) is 3. The molecule has 104 valence electrons. The fourth-order valence-electron chi connectivity index (χ4n) is 1.81. The summed E-state index contributed by atoms with van der Waals surface area (Å²) in [5.41, 5.74) is 0.621. The van der Waals surface area contributed by atoms with E-state index < -0.39 is 0 Å². The van der Waals surface area contributed by atoms with Crippen molar-refractivity contribution >= 4 is 5.78 Å². The van der Waals surface area contributed by atoms with Gasteiger partial charge in [0.05, 0.1) is 19.3 Å². The van der Waals surface area contributed by atoms with Crippen LogP contribution in [0.5, 0.6) is 11.5 Å². The predicted molar refractivity (Wildman–Crippen MR) is 72.0 cm³/mol. The van der Waals surface area contributed by atoms with Crippen molar-refractivity contribution in [3.8, 4) is 11.5 Å². The average Bonchev–Trinajstić information content (AvgIpc) is 3.19. The molecule has 19 heavy (non-hydrogen) atoms. The summed E-state index contributed by atoms with van der Waals surface area (Å²) in [6, 6.07) is 5.32. The van der Waals surface area contributed by atoms with Crippen molar-refractivity contribution < 1.29 is 19.0 Å². The molecule has 4 nitrogen and oxygen atoms in total. The van der Waals surface area contributed by atoms with Crippen molar-refractivity contribution in [1.29, 1.82) is 0 Å². The van der Waals surface area contributed by atoms with E-state index in [2.05, 4.69) is 0 Å². The first-order valence-electron chi connectivity index (χ1n) is 6.55. The quantitative estimate of drug-likeness (QED) is 0.561. The van der Waals surface area contributed by atoms with Gasteiger partial charge in [0.1, 0.15) is 24.2 Å². The summed E-state index contributed by atoms with van der Waals surface area (Å²) in [6.07, 6.45) is 0.682. The maximum atomic E-state index is 12.2. The number of ketones is 1. The first-order valence-corrected chi connectivity index (χ1v) is 6.55. The molecule has 1 aromatic rings. The third kappa shape index (κ3) is 3.96. The van der Waals surface area contributed by atoms with E-state index in [4.69, 9.17) is 14.2 Å². The third-order valence-corrected chi connectivity index (χ3v) is 2.91. The molecule has 2 rings (SSSR count). The molecule has 1 fully saturated rings. The fourth-order valence-corrected chi connectivity index (χ4v) is 1.81. The van der Waals surface area contributed by atoms with Crippen molar-refractivity contribution in [2.75, 3.05) is 20.3 Å². The Morgan fingerprint density at radius 1 is 1.47 bits per heavy atom. The molecule has 0 spiro atoms. The van der Waals surface area contributed by atoms with E-state index in [0.29, 0.717) is 36.0 Å². The minimum atomic E-state index is 0.101. The monoisotopic (exact) mass is 264 g/mol. The number of carbonyl (C=O) groups is 1. The van der Waals surface area contributed by atoms with E-state index in [0.717, 1.165) is 6.61 Å². The average molecular weight is 264 g/mol. The zero-order valence-electron chi connectivity index (χ0n) is 11.6. The fraction of sp³-hybridized carbons (Fsp3) is 0.533. The van der Waals surface area contributed by atoms with E-state index in [9.17, 15) is 4.79 Å². The number of benzene rings is 1. The van der Waals surface area contributed by atoms with Crippen molar-refractivity contribution in [3.63, 3.8) is 0 Å². The Morgan fingerprint density at radius 2 is 2.21 bits per heavy atom. The Bertz CT molecular complexity index is 449. The van der Waals surface area contributed by atoms with Crippen molar-refractivity contribution in [3.05, 3.63) is 23.8 Å². The van der Waals surface area contributed by atoms with E-state index in [1.165, 1.54) is 0 Å². The molecule has 4 heteroatoms. The Kier molecular flexibility index (Phi) is 4.43. The zero-order chi connectivity index (χ0) is 13.8. The number of Topliss-reactive ketones (excluding diaryl/α,β-unsaturated/α-hetero) is 1. The predicted octanol–water partition coefficient (Wildman–Crippen LogP) is 2.70. The molecular formula is C15H20O4. The highest BCUT2D eigenvalue weighted by Gasteiger charge is 2.24. The minimum absolute atomic E-state index is 0.101. The van der Waals surface area contributed by atoms with Crippen LogP contribution in [0.15, 0.2) is 18.2 Å². The van der Waals surface area contributed by atoms with Gasteiger partial charge in [-0.3, -0.25) is 4.79 Å². The number of rotatable bonds is 7. The SMILES string of the molecule is COc1ccc(C(=O)CC(C)C)c(OC[C@H]2CO2)c1. The van der Waals surface area contributed by atoms with Crippen molar-refractivity contribution in [2.45, 2.75) is 26.4 Å². The van der Waals surface area contributed by atoms with Gasteiger partial charge >= 0.3 is 0 Å². The lowest BCUT2D eigenvalue weighted by molar-refractivity contribution is 0.0963. The van der Waals surface area contributed by atoms with Gasteiger partial charge in [0, 0.05) is 12.5 Å². The van der Waals surface area contributed by atoms with Crippen molar-refractivity contribution in [1.82, 2.24) is 0 Å². The van der Waals surface area contributed by atoms with Gasteiger partial charge in [-0.2, -0.15) is 0 Å². The second kappa shape index (κ2) is 6.06. The number of carbonyl (C=O) groups excluding carboxylic acids is 1. The molecule has 0 N–H and O–H groups in total. The van der Waals surface area contributed by atoms with E-state index >= 15 is 0 Å². The molecule has 0 bridgehead atoms. The summed E-state index contributed by atoms with van der Waals surface area (Å²) < 4.78 is 16.0. The van der Waals surface area contributed by atoms with Crippen LogP contribution in [-0.4, -0.2) is 32.2 Å². The number of methoxy groups -OCH3 is 1. The van der Waals surface area contributed by atoms with Crippen LogP contribution < -0.4 is 9.47 Å². The molecule has 0 aliphatic carbocycles. The number of hydrogen-bond acceptors (Lipinski definition) is 4. The van der Waals surface area contributed by atoms with Gasteiger partial charge in [-0.1, -0.05) is 13.8 Å². The molecular weight excluding hydrogens is 244 g/mol. The molecule has 0 saturated carbocycles. The topological polar surface area (TPSA) is 48.1 Å². The lowest BCUT2D eigenvalue weighted by atomic mass is 10.0. The maximum Gasteiger partial charge on any atom is 0.166 e. The van der Waals surface area contributed by atoms with Crippen LogP contribution in [-0.2, 0) is 4.74 Å². The lowest BCUT2D eigenvalue weighted by Gasteiger charge is -2.12. The van der Waals surface area contributed by atoms with Crippen LogP contribution in [0.2, 0.25) is 0 Å². The smallest absolute Gasteiger partial charge is 0.166 e. The first-order chi connectivity index (χ1) is 9.10. The van der Waals surface area contributed by atoms with Crippen LogP contribution in [0.4, 0.5) is 0 Å². The van der Waals surface area contributed by atoms with Gasteiger partial charge in [-0.15, -0.1) is 0 Å². The Balaban J connectivity index is 2.16. The van der Waals surface area contributed by atoms with E-state index in [1.807, 2.05) is 13.8 Å². The molecule has 0 amide bonds. The number of epoxide rings is 1. The van der Waals surface area contributed by atoms with E-state index in [-0.39, 0.29) is 11.9 Å². The first kappa shape index (κ1) is 13.9.